The molecule has 0 aliphatic carbocycles. The first-order valence-corrected chi connectivity index (χ1v) is 13.3. The van der Waals surface area contributed by atoms with Crippen molar-refractivity contribution in [2.45, 2.75) is 4.90 Å². The Hall–Kier alpha value is -3.27. The maximum Gasteiger partial charge on any atom is 0.260 e. The zero-order valence-electron chi connectivity index (χ0n) is 19.1. The zero-order valence-corrected chi connectivity index (χ0v) is 20.8. The number of carbonyl (C=O) groups excluding carboxylic acids is 1. The zero-order chi connectivity index (χ0) is 24.3. The SMILES string of the molecule is CN(C)CCN(C(=O)c1ccc(Oc2ccccc2)cc1)c1nc2c(S(C)(=O)=O)cccc2s1. The summed E-state index contributed by atoms with van der Waals surface area (Å²) in [7, 11) is 0.406. The summed E-state index contributed by atoms with van der Waals surface area (Å²) in [6, 6.07) is 21.4. The highest BCUT2D eigenvalue weighted by Crippen LogP contribution is 2.33. The lowest BCUT2D eigenvalue weighted by molar-refractivity contribution is 0.0985. The third-order valence-electron chi connectivity index (χ3n) is 5.10. The molecule has 0 N–H and O–H groups in total. The molecule has 9 heteroatoms. The van der Waals surface area contributed by atoms with Gasteiger partial charge in [-0.15, -0.1) is 0 Å². The van der Waals surface area contributed by atoms with E-state index < -0.39 is 9.84 Å². The van der Waals surface area contributed by atoms with Crippen molar-refractivity contribution in [2.75, 3.05) is 38.3 Å². The second kappa shape index (κ2) is 9.92. The summed E-state index contributed by atoms with van der Waals surface area (Å²) in [6.07, 6.45) is 1.16. The van der Waals surface area contributed by atoms with Gasteiger partial charge in [0.25, 0.3) is 5.91 Å². The summed E-state index contributed by atoms with van der Waals surface area (Å²) in [5, 5.41) is 0.461. The van der Waals surface area contributed by atoms with Gasteiger partial charge < -0.3 is 9.64 Å². The number of hydrogen-bond acceptors (Lipinski definition) is 7. The van der Waals surface area contributed by atoms with Gasteiger partial charge in [0.05, 0.1) is 9.60 Å². The highest BCUT2D eigenvalue weighted by atomic mass is 32.2. The number of nitrogens with zero attached hydrogens (tertiary/aromatic N) is 3. The van der Waals surface area contributed by atoms with E-state index in [9.17, 15) is 13.2 Å². The number of likely N-dealkylation sites (N-methyl/N-ethyl adjacent to an activating group) is 1. The van der Waals surface area contributed by atoms with Gasteiger partial charge >= 0.3 is 0 Å². The van der Waals surface area contributed by atoms with Crippen molar-refractivity contribution >= 4 is 42.4 Å². The van der Waals surface area contributed by atoms with E-state index in [2.05, 4.69) is 4.98 Å². The molecular formula is C25H25N3O4S2. The summed E-state index contributed by atoms with van der Waals surface area (Å²) in [5.74, 6) is 1.12. The predicted molar refractivity (Wildman–Crippen MR) is 136 cm³/mol. The van der Waals surface area contributed by atoms with Crippen molar-refractivity contribution in [3.8, 4) is 11.5 Å². The Labute approximate surface area is 203 Å². The fraction of sp³-hybridized carbons (Fsp3) is 0.200. The van der Waals surface area contributed by atoms with Crippen LogP contribution in [-0.2, 0) is 9.84 Å². The average molecular weight is 496 g/mol. The van der Waals surface area contributed by atoms with Gasteiger partial charge in [0.1, 0.15) is 17.0 Å². The first-order chi connectivity index (χ1) is 16.2. The molecule has 0 atom stereocenters. The second-order valence-corrected chi connectivity index (χ2v) is 11.1. The molecule has 34 heavy (non-hydrogen) atoms. The van der Waals surface area contributed by atoms with E-state index in [-0.39, 0.29) is 10.8 Å². The highest BCUT2D eigenvalue weighted by molar-refractivity contribution is 7.91. The van der Waals surface area contributed by atoms with E-state index in [0.717, 1.165) is 6.26 Å². The first kappa shape index (κ1) is 23.9. The maximum absolute atomic E-state index is 13.5. The Morgan fingerprint density at radius 1 is 0.912 bits per heavy atom. The summed E-state index contributed by atoms with van der Waals surface area (Å²) in [4.78, 5) is 21.8. The summed E-state index contributed by atoms with van der Waals surface area (Å²) >= 11 is 1.30. The lowest BCUT2D eigenvalue weighted by Crippen LogP contribution is -2.36. The van der Waals surface area contributed by atoms with Gasteiger partial charge in [0.2, 0.25) is 0 Å². The minimum Gasteiger partial charge on any atom is -0.457 e. The number of anilines is 1. The smallest absolute Gasteiger partial charge is 0.260 e. The van der Waals surface area contributed by atoms with Crippen molar-refractivity contribution in [2.24, 2.45) is 0 Å². The van der Waals surface area contributed by atoms with Crippen LogP contribution >= 0.6 is 11.3 Å². The van der Waals surface area contributed by atoms with E-state index in [1.165, 1.54) is 11.3 Å². The highest BCUT2D eigenvalue weighted by Gasteiger charge is 2.23. The molecule has 1 heterocycles. The van der Waals surface area contributed by atoms with Gasteiger partial charge in [-0.3, -0.25) is 9.69 Å². The third kappa shape index (κ3) is 5.44. The molecule has 1 aromatic heterocycles. The monoisotopic (exact) mass is 495 g/mol. The van der Waals surface area contributed by atoms with Crippen molar-refractivity contribution in [1.82, 2.24) is 9.88 Å². The molecule has 0 bridgehead atoms. The molecule has 0 unspecified atom stereocenters. The molecule has 0 saturated carbocycles. The standard InChI is InChI=1S/C25H25N3O4S2/c1-27(2)16-17-28(25-26-23-21(33-25)10-7-11-22(23)34(3,30)31)24(29)18-12-14-20(15-13-18)32-19-8-5-4-6-9-19/h4-15H,16-17H2,1-3H3. The van der Waals surface area contributed by atoms with Crippen molar-refractivity contribution in [3.05, 3.63) is 78.4 Å². The minimum absolute atomic E-state index is 0.162. The first-order valence-electron chi connectivity index (χ1n) is 10.6. The predicted octanol–water partition coefficient (Wildman–Crippen LogP) is 4.70. The van der Waals surface area contributed by atoms with Crippen molar-refractivity contribution in [3.63, 3.8) is 0 Å². The lowest BCUT2D eigenvalue weighted by Gasteiger charge is -2.22. The Morgan fingerprint density at radius 2 is 1.59 bits per heavy atom. The molecule has 0 saturated heterocycles. The molecule has 0 spiro atoms. The molecule has 4 rings (SSSR count). The van der Waals surface area contributed by atoms with Crippen molar-refractivity contribution in [1.29, 1.82) is 0 Å². The van der Waals surface area contributed by atoms with Crippen LogP contribution in [0.5, 0.6) is 11.5 Å². The van der Waals surface area contributed by atoms with Crippen LogP contribution in [-0.4, -0.2) is 57.6 Å². The Bertz CT molecular complexity index is 1400. The van der Waals surface area contributed by atoms with Crippen LogP contribution in [0.2, 0.25) is 0 Å². The lowest BCUT2D eigenvalue weighted by atomic mass is 10.2. The van der Waals surface area contributed by atoms with Gasteiger partial charge in [-0.2, -0.15) is 0 Å². The number of rotatable bonds is 8. The molecule has 4 aromatic rings. The summed E-state index contributed by atoms with van der Waals surface area (Å²) in [6.45, 7) is 1.03. The van der Waals surface area contributed by atoms with Gasteiger partial charge in [0.15, 0.2) is 15.0 Å². The molecule has 0 aliphatic heterocycles. The van der Waals surface area contributed by atoms with Crippen LogP contribution in [0.4, 0.5) is 5.13 Å². The van der Waals surface area contributed by atoms with Crippen LogP contribution in [0.25, 0.3) is 10.2 Å². The number of amides is 1. The summed E-state index contributed by atoms with van der Waals surface area (Å²) < 4.78 is 31.0. The number of thiazole rings is 1. The fourth-order valence-electron chi connectivity index (χ4n) is 3.36. The number of benzene rings is 3. The number of fused-ring (bicyclic) bond motifs is 1. The normalized spacial score (nSPS) is 11.6. The van der Waals surface area contributed by atoms with E-state index in [4.69, 9.17) is 4.74 Å². The van der Waals surface area contributed by atoms with E-state index >= 15 is 0 Å². The number of hydrogen-bond donors (Lipinski definition) is 0. The average Bonchev–Trinajstić information content (AvgIpc) is 3.23. The number of ether oxygens (including phenoxy) is 1. The number of aromatic nitrogens is 1. The number of sulfone groups is 1. The number of carbonyl (C=O) groups is 1. The van der Waals surface area contributed by atoms with Crippen LogP contribution < -0.4 is 9.64 Å². The van der Waals surface area contributed by atoms with Crippen LogP contribution in [0.3, 0.4) is 0 Å². The quantitative estimate of drug-likeness (QED) is 0.353. The molecule has 0 aliphatic rings. The van der Waals surface area contributed by atoms with Crippen LogP contribution in [0, 0.1) is 0 Å². The summed E-state index contributed by atoms with van der Waals surface area (Å²) in [5.41, 5.74) is 0.876. The van der Waals surface area contributed by atoms with E-state index in [1.54, 1.807) is 41.3 Å². The molecule has 0 radical (unpaired) electrons. The molecule has 0 fully saturated rings. The Balaban J connectivity index is 1.65. The van der Waals surface area contributed by atoms with Crippen molar-refractivity contribution < 1.29 is 17.9 Å². The fourth-order valence-corrected chi connectivity index (χ4v) is 5.27. The van der Waals surface area contributed by atoms with E-state index in [1.807, 2.05) is 55.4 Å². The molecule has 7 nitrogen and oxygen atoms in total. The van der Waals surface area contributed by atoms with Crippen LogP contribution in [0.1, 0.15) is 10.4 Å². The van der Waals surface area contributed by atoms with Crippen LogP contribution in [0.15, 0.2) is 77.7 Å². The van der Waals surface area contributed by atoms with Gasteiger partial charge in [-0.05, 0) is 62.6 Å². The second-order valence-electron chi connectivity index (χ2n) is 8.07. The van der Waals surface area contributed by atoms with Gasteiger partial charge in [0, 0.05) is 24.9 Å². The Morgan fingerprint density at radius 3 is 2.24 bits per heavy atom. The van der Waals surface area contributed by atoms with E-state index in [0.29, 0.717) is 45.5 Å². The minimum atomic E-state index is -3.45. The largest absolute Gasteiger partial charge is 0.457 e. The van der Waals surface area contributed by atoms with Gasteiger partial charge in [-0.25, -0.2) is 13.4 Å². The molecule has 3 aromatic carbocycles. The maximum atomic E-state index is 13.5. The topological polar surface area (TPSA) is 79.8 Å². The number of para-hydroxylation sites is 2. The molecular weight excluding hydrogens is 470 g/mol. The van der Waals surface area contributed by atoms with Gasteiger partial charge in [-0.1, -0.05) is 35.6 Å². The Kier molecular flexibility index (Phi) is 6.97. The third-order valence-corrected chi connectivity index (χ3v) is 7.27. The molecule has 176 valence electrons. The molecule has 1 amide bonds.